The SMILES string of the molecule is Cc1ccccc1C(=O)NNc1ncnc(N2CCN(c3ccccc3F)CC2)c1[N+](=O)[O-]. The van der Waals surface area contributed by atoms with Crippen LogP contribution in [-0.2, 0) is 0 Å². The van der Waals surface area contributed by atoms with E-state index in [0.29, 0.717) is 37.4 Å². The highest BCUT2D eigenvalue weighted by Crippen LogP contribution is 2.32. The van der Waals surface area contributed by atoms with Gasteiger partial charge in [-0.2, -0.15) is 0 Å². The van der Waals surface area contributed by atoms with Gasteiger partial charge < -0.3 is 9.80 Å². The third kappa shape index (κ3) is 4.66. The molecular formula is C22H22FN7O3. The van der Waals surface area contributed by atoms with Gasteiger partial charge >= 0.3 is 5.69 Å². The fraction of sp³-hybridized carbons (Fsp3) is 0.227. The molecule has 2 aromatic carbocycles. The number of rotatable bonds is 6. The molecule has 1 aliphatic rings. The second-order valence-electron chi connectivity index (χ2n) is 7.47. The van der Waals surface area contributed by atoms with Crippen LogP contribution >= 0.6 is 0 Å². The second-order valence-corrected chi connectivity index (χ2v) is 7.47. The molecule has 10 nitrogen and oxygen atoms in total. The highest BCUT2D eigenvalue weighted by molar-refractivity contribution is 5.96. The highest BCUT2D eigenvalue weighted by Gasteiger charge is 2.30. The Balaban J connectivity index is 1.50. The molecule has 0 spiro atoms. The Morgan fingerprint density at radius 3 is 2.39 bits per heavy atom. The Morgan fingerprint density at radius 1 is 1.03 bits per heavy atom. The van der Waals surface area contributed by atoms with Crippen molar-refractivity contribution in [1.29, 1.82) is 0 Å². The number of carbonyl (C=O) groups is 1. The Kier molecular flexibility index (Phi) is 6.29. The van der Waals surface area contributed by atoms with Crippen molar-refractivity contribution in [1.82, 2.24) is 15.4 Å². The van der Waals surface area contributed by atoms with Gasteiger partial charge in [-0.05, 0) is 30.7 Å². The summed E-state index contributed by atoms with van der Waals surface area (Å²) >= 11 is 0. The van der Waals surface area contributed by atoms with E-state index in [1.165, 1.54) is 12.4 Å². The molecule has 1 saturated heterocycles. The van der Waals surface area contributed by atoms with Crippen molar-refractivity contribution in [2.24, 2.45) is 0 Å². The van der Waals surface area contributed by atoms with Crippen LogP contribution in [-0.4, -0.2) is 47.0 Å². The van der Waals surface area contributed by atoms with E-state index in [0.717, 1.165) is 5.56 Å². The Morgan fingerprint density at radius 2 is 1.70 bits per heavy atom. The van der Waals surface area contributed by atoms with Gasteiger partial charge in [0.2, 0.25) is 11.6 Å². The van der Waals surface area contributed by atoms with Crippen molar-refractivity contribution in [2.75, 3.05) is 41.4 Å². The number of para-hydroxylation sites is 1. The normalized spacial score (nSPS) is 13.5. The fourth-order valence-corrected chi connectivity index (χ4v) is 3.74. The first-order valence-electron chi connectivity index (χ1n) is 10.3. The number of nitro groups is 1. The molecule has 0 atom stereocenters. The van der Waals surface area contributed by atoms with Gasteiger partial charge in [0.15, 0.2) is 0 Å². The first kappa shape index (κ1) is 21.9. The summed E-state index contributed by atoms with van der Waals surface area (Å²) in [6.07, 6.45) is 1.20. The van der Waals surface area contributed by atoms with Gasteiger partial charge in [-0.15, -0.1) is 0 Å². The molecule has 1 aliphatic heterocycles. The third-order valence-electron chi connectivity index (χ3n) is 5.44. The van der Waals surface area contributed by atoms with E-state index in [2.05, 4.69) is 20.8 Å². The molecule has 1 fully saturated rings. The van der Waals surface area contributed by atoms with E-state index in [1.807, 2.05) is 11.0 Å². The van der Waals surface area contributed by atoms with Crippen LogP contribution < -0.4 is 20.7 Å². The number of carbonyl (C=O) groups excluding carboxylic acids is 1. The van der Waals surface area contributed by atoms with Gasteiger partial charge in [0, 0.05) is 31.7 Å². The molecule has 0 aliphatic carbocycles. The maximum Gasteiger partial charge on any atom is 0.355 e. The quantitative estimate of drug-likeness (QED) is 0.434. The number of hydrazine groups is 1. The monoisotopic (exact) mass is 451 g/mol. The summed E-state index contributed by atoms with van der Waals surface area (Å²) in [6, 6.07) is 13.5. The Hall–Kier alpha value is -4.28. The molecule has 4 rings (SSSR count). The van der Waals surface area contributed by atoms with E-state index in [4.69, 9.17) is 0 Å². The Bertz CT molecular complexity index is 1180. The summed E-state index contributed by atoms with van der Waals surface area (Å²) in [5, 5.41) is 11.9. The van der Waals surface area contributed by atoms with Gasteiger partial charge in [0.25, 0.3) is 5.91 Å². The molecule has 2 heterocycles. The standard InChI is InChI=1S/C22H22FN7O3/c1-15-6-2-3-7-16(15)22(31)27-26-20-19(30(32)33)21(25-14-24-20)29-12-10-28(11-13-29)18-9-5-4-8-17(18)23/h2-9,14H,10-13H2,1H3,(H,27,31)(H,24,25,26). The van der Waals surface area contributed by atoms with Crippen LogP contribution in [0, 0.1) is 22.9 Å². The lowest BCUT2D eigenvalue weighted by Crippen LogP contribution is -2.47. The molecule has 3 aromatic rings. The number of piperazine rings is 1. The average molecular weight is 451 g/mol. The number of aromatic nitrogens is 2. The number of benzene rings is 2. The maximum atomic E-state index is 14.1. The lowest BCUT2D eigenvalue weighted by atomic mass is 10.1. The molecular weight excluding hydrogens is 429 g/mol. The second kappa shape index (κ2) is 9.47. The summed E-state index contributed by atoms with van der Waals surface area (Å²) < 4.78 is 14.1. The van der Waals surface area contributed by atoms with Crippen LogP contribution in [0.2, 0.25) is 0 Å². The molecule has 2 N–H and O–H groups in total. The van der Waals surface area contributed by atoms with Gasteiger partial charge in [-0.25, -0.2) is 14.4 Å². The molecule has 0 radical (unpaired) electrons. The molecule has 0 saturated carbocycles. The first-order valence-corrected chi connectivity index (χ1v) is 10.3. The summed E-state index contributed by atoms with van der Waals surface area (Å²) in [5.41, 5.74) is 6.38. The number of aryl methyl sites for hydroxylation is 1. The van der Waals surface area contributed by atoms with Crippen LogP contribution in [0.15, 0.2) is 54.9 Å². The predicted molar refractivity (Wildman–Crippen MR) is 122 cm³/mol. The average Bonchev–Trinajstić information content (AvgIpc) is 2.83. The van der Waals surface area contributed by atoms with E-state index in [1.54, 1.807) is 48.2 Å². The predicted octanol–water partition coefficient (Wildman–Crippen LogP) is 2.92. The summed E-state index contributed by atoms with van der Waals surface area (Å²) in [7, 11) is 0. The summed E-state index contributed by atoms with van der Waals surface area (Å²) in [5.74, 6) is -0.741. The van der Waals surface area contributed by atoms with Crippen LogP contribution in [0.1, 0.15) is 15.9 Å². The molecule has 0 bridgehead atoms. The van der Waals surface area contributed by atoms with Crippen molar-refractivity contribution >= 4 is 28.9 Å². The van der Waals surface area contributed by atoms with Gasteiger partial charge in [-0.3, -0.25) is 25.8 Å². The lowest BCUT2D eigenvalue weighted by Gasteiger charge is -2.36. The maximum absolute atomic E-state index is 14.1. The lowest BCUT2D eigenvalue weighted by molar-refractivity contribution is -0.383. The van der Waals surface area contributed by atoms with E-state index in [9.17, 15) is 19.3 Å². The fourth-order valence-electron chi connectivity index (χ4n) is 3.74. The van der Waals surface area contributed by atoms with Crippen molar-refractivity contribution in [3.63, 3.8) is 0 Å². The highest BCUT2D eigenvalue weighted by atomic mass is 19.1. The van der Waals surface area contributed by atoms with Crippen molar-refractivity contribution in [3.8, 4) is 0 Å². The number of amides is 1. The smallest absolute Gasteiger partial charge is 0.355 e. The zero-order valence-electron chi connectivity index (χ0n) is 17.9. The minimum Gasteiger partial charge on any atom is -0.366 e. The molecule has 0 unspecified atom stereocenters. The van der Waals surface area contributed by atoms with Gasteiger partial charge in [0.1, 0.15) is 12.1 Å². The van der Waals surface area contributed by atoms with Crippen LogP contribution in [0.25, 0.3) is 0 Å². The molecule has 11 heteroatoms. The topological polar surface area (TPSA) is 117 Å². The minimum absolute atomic E-state index is 0.122. The third-order valence-corrected chi connectivity index (χ3v) is 5.44. The number of nitrogens with one attached hydrogen (secondary N) is 2. The zero-order chi connectivity index (χ0) is 23.4. The van der Waals surface area contributed by atoms with Gasteiger partial charge in [-0.1, -0.05) is 30.3 Å². The largest absolute Gasteiger partial charge is 0.366 e. The van der Waals surface area contributed by atoms with Crippen molar-refractivity contribution in [3.05, 3.63) is 81.9 Å². The van der Waals surface area contributed by atoms with Crippen LogP contribution in [0.4, 0.5) is 27.4 Å². The molecule has 1 amide bonds. The minimum atomic E-state index is -0.583. The van der Waals surface area contributed by atoms with Crippen LogP contribution in [0.3, 0.4) is 0 Å². The molecule has 1 aromatic heterocycles. The molecule has 33 heavy (non-hydrogen) atoms. The Labute approximate surface area is 189 Å². The number of nitrogens with zero attached hydrogens (tertiary/aromatic N) is 5. The zero-order valence-corrected chi connectivity index (χ0v) is 17.9. The first-order chi connectivity index (χ1) is 16.0. The van der Waals surface area contributed by atoms with E-state index < -0.39 is 10.8 Å². The summed E-state index contributed by atoms with van der Waals surface area (Å²) in [6.45, 7) is 3.53. The number of halogens is 1. The van der Waals surface area contributed by atoms with Crippen LogP contribution in [0.5, 0.6) is 0 Å². The van der Waals surface area contributed by atoms with E-state index in [-0.39, 0.29) is 23.1 Å². The number of anilines is 3. The van der Waals surface area contributed by atoms with Gasteiger partial charge in [0.05, 0.1) is 10.6 Å². The van der Waals surface area contributed by atoms with E-state index >= 15 is 0 Å². The number of hydrogen-bond donors (Lipinski definition) is 2. The summed E-state index contributed by atoms with van der Waals surface area (Å²) in [4.78, 5) is 35.5. The van der Waals surface area contributed by atoms with Crippen molar-refractivity contribution < 1.29 is 14.1 Å². The molecule has 170 valence electrons. The number of hydrogen-bond acceptors (Lipinski definition) is 8. The van der Waals surface area contributed by atoms with Crippen molar-refractivity contribution in [2.45, 2.75) is 6.92 Å².